The second-order valence-corrected chi connectivity index (χ2v) is 2.10. The monoisotopic (exact) mass is 213 g/mol. The molecule has 0 aliphatic carbocycles. The Morgan fingerprint density at radius 1 is 1.38 bits per heavy atom. The average molecular weight is 214 g/mol. The Labute approximate surface area is 78.6 Å². The summed E-state index contributed by atoms with van der Waals surface area (Å²) in [5.74, 6) is 0. The lowest BCUT2D eigenvalue weighted by Crippen LogP contribution is -2.14. The Morgan fingerprint density at radius 2 is 2.00 bits per heavy atom. The van der Waals surface area contributed by atoms with Crippen molar-refractivity contribution in [2.24, 2.45) is 5.73 Å². The van der Waals surface area contributed by atoms with Crippen LogP contribution in [0.4, 0.5) is 13.2 Å². The SMILES string of the molecule is Cl.NCc1cncnc1C(F)(F)F. The Kier molecular flexibility index (Phi) is 4.09. The van der Waals surface area contributed by atoms with Gasteiger partial charge in [-0.25, -0.2) is 9.97 Å². The first-order valence-electron chi connectivity index (χ1n) is 3.12. The number of aromatic nitrogens is 2. The minimum atomic E-state index is -4.45. The first-order chi connectivity index (χ1) is 5.55. The fourth-order valence-electron chi connectivity index (χ4n) is 0.763. The van der Waals surface area contributed by atoms with E-state index in [4.69, 9.17) is 5.73 Å². The molecule has 0 aromatic carbocycles. The van der Waals surface area contributed by atoms with Crippen molar-refractivity contribution in [3.63, 3.8) is 0 Å². The summed E-state index contributed by atoms with van der Waals surface area (Å²) < 4.78 is 36.3. The number of nitrogens with zero attached hydrogens (tertiary/aromatic N) is 2. The van der Waals surface area contributed by atoms with Crippen LogP contribution in [0.3, 0.4) is 0 Å². The van der Waals surface area contributed by atoms with Gasteiger partial charge in [-0.2, -0.15) is 13.2 Å². The van der Waals surface area contributed by atoms with Crippen LogP contribution >= 0.6 is 12.4 Å². The molecule has 2 N–H and O–H groups in total. The molecule has 0 aliphatic heterocycles. The zero-order chi connectivity index (χ0) is 9.19. The number of halogens is 4. The molecule has 0 amide bonds. The first kappa shape index (κ1) is 12.1. The fraction of sp³-hybridized carbons (Fsp3) is 0.333. The van der Waals surface area contributed by atoms with E-state index in [9.17, 15) is 13.2 Å². The number of rotatable bonds is 1. The second-order valence-electron chi connectivity index (χ2n) is 2.10. The van der Waals surface area contributed by atoms with Crippen LogP contribution in [0.15, 0.2) is 12.5 Å². The maximum Gasteiger partial charge on any atom is 0.433 e. The Bertz CT molecular complexity index is 276. The van der Waals surface area contributed by atoms with Gasteiger partial charge >= 0.3 is 6.18 Å². The van der Waals surface area contributed by atoms with Gasteiger partial charge in [-0.1, -0.05) is 0 Å². The van der Waals surface area contributed by atoms with Crippen LogP contribution in [-0.4, -0.2) is 9.97 Å². The van der Waals surface area contributed by atoms with E-state index >= 15 is 0 Å². The summed E-state index contributed by atoms with van der Waals surface area (Å²) in [5, 5.41) is 0. The van der Waals surface area contributed by atoms with Gasteiger partial charge in [0.05, 0.1) is 0 Å². The van der Waals surface area contributed by atoms with Gasteiger partial charge in [0.15, 0.2) is 5.69 Å². The molecule has 0 unspecified atom stereocenters. The van der Waals surface area contributed by atoms with Crippen molar-refractivity contribution in [2.45, 2.75) is 12.7 Å². The van der Waals surface area contributed by atoms with Crippen molar-refractivity contribution < 1.29 is 13.2 Å². The van der Waals surface area contributed by atoms with E-state index in [1.54, 1.807) is 0 Å². The zero-order valence-electron chi connectivity index (χ0n) is 6.38. The van der Waals surface area contributed by atoms with E-state index in [-0.39, 0.29) is 24.5 Å². The molecule has 3 nitrogen and oxygen atoms in total. The maximum atomic E-state index is 12.1. The van der Waals surface area contributed by atoms with E-state index < -0.39 is 11.9 Å². The molecule has 0 spiro atoms. The van der Waals surface area contributed by atoms with Crippen LogP contribution in [0, 0.1) is 0 Å². The van der Waals surface area contributed by atoms with Crippen molar-refractivity contribution in [1.82, 2.24) is 9.97 Å². The second kappa shape index (κ2) is 4.38. The highest BCUT2D eigenvalue weighted by atomic mass is 35.5. The highest BCUT2D eigenvalue weighted by molar-refractivity contribution is 5.85. The Hall–Kier alpha value is -0.880. The fourth-order valence-corrected chi connectivity index (χ4v) is 0.763. The summed E-state index contributed by atoms with van der Waals surface area (Å²) in [6.45, 7) is -0.213. The van der Waals surface area contributed by atoms with Crippen LogP contribution < -0.4 is 5.73 Å². The van der Waals surface area contributed by atoms with Gasteiger partial charge in [0.1, 0.15) is 6.33 Å². The summed E-state index contributed by atoms with van der Waals surface area (Å²) in [6.07, 6.45) is -2.53. The van der Waals surface area contributed by atoms with Crippen LogP contribution in [0.25, 0.3) is 0 Å². The first-order valence-corrected chi connectivity index (χ1v) is 3.12. The topological polar surface area (TPSA) is 51.8 Å². The summed E-state index contributed by atoms with van der Waals surface area (Å²) >= 11 is 0. The van der Waals surface area contributed by atoms with Gasteiger partial charge in [0.25, 0.3) is 0 Å². The molecule has 0 radical (unpaired) electrons. The molecule has 0 saturated heterocycles. The molecule has 1 heterocycles. The third-order valence-corrected chi connectivity index (χ3v) is 1.28. The highest BCUT2D eigenvalue weighted by Gasteiger charge is 2.34. The van der Waals surface area contributed by atoms with Crippen LogP contribution in [-0.2, 0) is 12.7 Å². The van der Waals surface area contributed by atoms with Crippen LogP contribution in [0.1, 0.15) is 11.3 Å². The zero-order valence-corrected chi connectivity index (χ0v) is 7.19. The van der Waals surface area contributed by atoms with Crippen LogP contribution in [0.2, 0.25) is 0 Å². The lowest BCUT2D eigenvalue weighted by atomic mass is 10.2. The minimum Gasteiger partial charge on any atom is -0.326 e. The van der Waals surface area contributed by atoms with Crippen LogP contribution in [0.5, 0.6) is 0 Å². The molecule has 13 heavy (non-hydrogen) atoms. The normalized spacial score (nSPS) is 10.8. The number of nitrogens with two attached hydrogens (primary N) is 1. The predicted molar refractivity (Wildman–Crippen MR) is 42.2 cm³/mol. The van der Waals surface area contributed by atoms with Crippen molar-refractivity contribution in [1.29, 1.82) is 0 Å². The highest BCUT2D eigenvalue weighted by Crippen LogP contribution is 2.29. The average Bonchev–Trinajstić information content (AvgIpc) is 2.03. The standard InChI is InChI=1S/C6H6F3N3.ClH/c7-6(8,9)5-4(1-10)2-11-3-12-5;/h2-3H,1,10H2;1H. The largest absolute Gasteiger partial charge is 0.433 e. The van der Waals surface area contributed by atoms with Gasteiger partial charge in [0, 0.05) is 18.3 Å². The summed E-state index contributed by atoms with van der Waals surface area (Å²) in [7, 11) is 0. The minimum absolute atomic E-state index is 0. The predicted octanol–water partition coefficient (Wildman–Crippen LogP) is 1.38. The third-order valence-electron chi connectivity index (χ3n) is 1.28. The third kappa shape index (κ3) is 2.82. The van der Waals surface area contributed by atoms with E-state index in [1.807, 2.05) is 0 Å². The van der Waals surface area contributed by atoms with E-state index in [0.29, 0.717) is 0 Å². The molecular weight excluding hydrogens is 207 g/mol. The van der Waals surface area contributed by atoms with Crippen molar-refractivity contribution in [2.75, 3.05) is 0 Å². The molecule has 1 rings (SSSR count). The molecular formula is C6H7ClF3N3. The molecule has 7 heteroatoms. The van der Waals surface area contributed by atoms with E-state index in [0.717, 1.165) is 12.5 Å². The van der Waals surface area contributed by atoms with Crippen molar-refractivity contribution in [3.05, 3.63) is 23.8 Å². The molecule has 0 saturated carbocycles. The lowest BCUT2D eigenvalue weighted by Gasteiger charge is -2.08. The van der Waals surface area contributed by atoms with Gasteiger partial charge in [-0.3, -0.25) is 0 Å². The molecule has 0 bridgehead atoms. The van der Waals surface area contributed by atoms with Gasteiger partial charge in [-0.15, -0.1) is 12.4 Å². The maximum absolute atomic E-state index is 12.1. The molecule has 0 atom stereocenters. The Balaban J connectivity index is 0.00000144. The van der Waals surface area contributed by atoms with Crippen molar-refractivity contribution in [3.8, 4) is 0 Å². The van der Waals surface area contributed by atoms with Gasteiger partial charge in [0.2, 0.25) is 0 Å². The van der Waals surface area contributed by atoms with E-state index in [1.165, 1.54) is 0 Å². The summed E-state index contributed by atoms with van der Waals surface area (Å²) in [6, 6.07) is 0. The van der Waals surface area contributed by atoms with Gasteiger partial charge in [-0.05, 0) is 0 Å². The van der Waals surface area contributed by atoms with E-state index in [2.05, 4.69) is 9.97 Å². The molecule has 74 valence electrons. The number of alkyl halides is 3. The lowest BCUT2D eigenvalue weighted by molar-refractivity contribution is -0.141. The molecule has 1 aromatic rings. The molecule has 1 aromatic heterocycles. The molecule has 0 fully saturated rings. The number of hydrogen-bond donors (Lipinski definition) is 1. The summed E-state index contributed by atoms with van der Waals surface area (Å²) in [4.78, 5) is 6.54. The quantitative estimate of drug-likeness (QED) is 0.767. The van der Waals surface area contributed by atoms with Crippen molar-refractivity contribution >= 4 is 12.4 Å². The number of hydrogen-bond acceptors (Lipinski definition) is 3. The summed E-state index contributed by atoms with van der Waals surface area (Å²) in [5.41, 5.74) is 4.02. The molecule has 0 aliphatic rings. The van der Waals surface area contributed by atoms with Gasteiger partial charge < -0.3 is 5.73 Å². The smallest absolute Gasteiger partial charge is 0.326 e. The Morgan fingerprint density at radius 3 is 2.38 bits per heavy atom.